The van der Waals surface area contributed by atoms with Crippen LogP contribution in [0, 0.1) is 0 Å². The summed E-state index contributed by atoms with van der Waals surface area (Å²) in [5.41, 5.74) is 1.03. The lowest BCUT2D eigenvalue weighted by Gasteiger charge is -2.10. The number of aromatic nitrogens is 2. The van der Waals surface area contributed by atoms with Gasteiger partial charge in [-0.3, -0.25) is 9.39 Å². The van der Waals surface area contributed by atoms with Crippen LogP contribution in [0.5, 0.6) is 0 Å². The Morgan fingerprint density at radius 2 is 2.25 bits per heavy atom. The van der Waals surface area contributed by atoms with E-state index in [9.17, 15) is 0 Å². The molecule has 6 heteroatoms. The number of aliphatic imine (C=N–C) groups is 1. The predicted molar refractivity (Wildman–Crippen MR) is 85.4 cm³/mol. The van der Waals surface area contributed by atoms with Crippen molar-refractivity contribution in [3.8, 4) is 0 Å². The smallest absolute Gasteiger partial charge is 0.193 e. The molecule has 0 radical (unpaired) electrons. The molecule has 2 heterocycles. The summed E-state index contributed by atoms with van der Waals surface area (Å²) in [6.45, 7) is 3.89. The molecule has 0 saturated carbocycles. The number of rotatable bonds is 7. The first-order chi connectivity index (χ1) is 9.83. The molecule has 0 amide bonds. The second kappa shape index (κ2) is 7.89. The van der Waals surface area contributed by atoms with E-state index in [1.54, 1.807) is 18.4 Å². The van der Waals surface area contributed by atoms with Gasteiger partial charge in [-0.15, -0.1) is 11.3 Å². The Morgan fingerprint density at radius 3 is 3.00 bits per heavy atom. The second-order valence-electron chi connectivity index (χ2n) is 4.74. The van der Waals surface area contributed by atoms with Crippen LogP contribution in [0.2, 0.25) is 0 Å². The standard InChI is InChI=1S/C14H23N5S/c1-3-4-5-6-7-16-13(15-2)17-10-12-11-19-8-9-20-14(19)18-12/h8-9,11H,3-7,10H2,1-2H3,(H2,15,16,17). The van der Waals surface area contributed by atoms with Gasteiger partial charge in [0.2, 0.25) is 0 Å². The van der Waals surface area contributed by atoms with Crippen molar-refractivity contribution < 1.29 is 0 Å². The number of unbranched alkanes of at least 4 members (excludes halogenated alkanes) is 3. The van der Waals surface area contributed by atoms with Crippen molar-refractivity contribution >= 4 is 22.3 Å². The monoisotopic (exact) mass is 293 g/mol. The van der Waals surface area contributed by atoms with Gasteiger partial charge in [-0.25, -0.2) is 4.98 Å². The zero-order valence-corrected chi connectivity index (χ0v) is 13.0. The van der Waals surface area contributed by atoms with Gasteiger partial charge in [0.05, 0.1) is 12.2 Å². The van der Waals surface area contributed by atoms with Crippen molar-refractivity contribution in [3.05, 3.63) is 23.5 Å². The van der Waals surface area contributed by atoms with Crippen LogP contribution in [0.25, 0.3) is 4.96 Å². The van der Waals surface area contributed by atoms with Gasteiger partial charge in [0.1, 0.15) is 0 Å². The van der Waals surface area contributed by atoms with Gasteiger partial charge in [-0.1, -0.05) is 26.2 Å². The van der Waals surface area contributed by atoms with Crippen LogP contribution < -0.4 is 10.6 Å². The van der Waals surface area contributed by atoms with E-state index in [1.165, 1.54) is 25.7 Å². The van der Waals surface area contributed by atoms with E-state index in [4.69, 9.17) is 0 Å². The lowest BCUT2D eigenvalue weighted by atomic mass is 10.2. The van der Waals surface area contributed by atoms with Gasteiger partial charge < -0.3 is 10.6 Å². The van der Waals surface area contributed by atoms with Crippen LogP contribution in [-0.4, -0.2) is 28.9 Å². The van der Waals surface area contributed by atoms with E-state index in [2.05, 4.69) is 27.5 Å². The van der Waals surface area contributed by atoms with Crippen LogP contribution in [0.1, 0.15) is 38.3 Å². The van der Waals surface area contributed by atoms with E-state index in [0.717, 1.165) is 23.2 Å². The minimum atomic E-state index is 0.697. The van der Waals surface area contributed by atoms with Crippen molar-refractivity contribution in [1.82, 2.24) is 20.0 Å². The maximum atomic E-state index is 4.54. The molecule has 2 aromatic rings. The highest BCUT2D eigenvalue weighted by Crippen LogP contribution is 2.10. The molecule has 5 nitrogen and oxygen atoms in total. The number of hydrogen-bond acceptors (Lipinski definition) is 3. The van der Waals surface area contributed by atoms with Crippen LogP contribution in [0.3, 0.4) is 0 Å². The fraction of sp³-hybridized carbons (Fsp3) is 0.571. The highest BCUT2D eigenvalue weighted by Gasteiger charge is 2.03. The van der Waals surface area contributed by atoms with Gasteiger partial charge in [0.15, 0.2) is 10.9 Å². The van der Waals surface area contributed by atoms with Crippen molar-refractivity contribution in [2.75, 3.05) is 13.6 Å². The highest BCUT2D eigenvalue weighted by molar-refractivity contribution is 7.15. The number of thiazole rings is 1. The molecule has 0 bridgehead atoms. The number of nitrogens with zero attached hydrogens (tertiary/aromatic N) is 3. The summed E-state index contributed by atoms with van der Waals surface area (Å²) < 4.78 is 2.04. The maximum Gasteiger partial charge on any atom is 0.193 e. The Labute approximate surface area is 124 Å². The predicted octanol–water partition coefficient (Wildman–Crippen LogP) is 2.64. The summed E-state index contributed by atoms with van der Waals surface area (Å²) >= 11 is 1.65. The Bertz CT molecular complexity index is 514. The maximum absolute atomic E-state index is 4.54. The zero-order valence-electron chi connectivity index (χ0n) is 12.2. The summed E-state index contributed by atoms with van der Waals surface area (Å²) in [5, 5.41) is 8.67. The van der Waals surface area contributed by atoms with Crippen molar-refractivity contribution in [3.63, 3.8) is 0 Å². The third kappa shape index (κ3) is 4.23. The third-order valence-electron chi connectivity index (χ3n) is 3.13. The number of hydrogen-bond donors (Lipinski definition) is 2. The first-order valence-electron chi connectivity index (χ1n) is 7.19. The highest BCUT2D eigenvalue weighted by atomic mass is 32.1. The number of nitrogens with one attached hydrogen (secondary N) is 2. The quantitative estimate of drug-likeness (QED) is 0.469. The molecule has 0 saturated heterocycles. The summed E-state index contributed by atoms with van der Waals surface area (Å²) in [6.07, 6.45) is 9.11. The lowest BCUT2D eigenvalue weighted by Crippen LogP contribution is -2.37. The molecule has 2 rings (SSSR count). The first kappa shape index (κ1) is 14.8. The molecule has 0 unspecified atom stereocenters. The molecule has 2 aromatic heterocycles. The van der Waals surface area contributed by atoms with Crippen molar-refractivity contribution in [2.24, 2.45) is 4.99 Å². The molecule has 0 fully saturated rings. The minimum absolute atomic E-state index is 0.697. The van der Waals surface area contributed by atoms with Crippen LogP contribution in [-0.2, 0) is 6.54 Å². The summed E-state index contributed by atoms with van der Waals surface area (Å²) in [5.74, 6) is 0.845. The Balaban J connectivity index is 1.72. The van der Waals surface area contributed by atoms with Gasteiger partial charge in [0, 0.05) is 31.4 Å². The molecular weight excluding hydrogens is 270 g/mol. The van der Waals surface area contributed by atoms with Gasteiger partial charge in [-0.2, -0.15) is 0 Å². The lowest BCUT2D eigenvalue weighted by molar-refractivity contribution is 0.646. The van der Waals surface area contributed by atoms with Crippen molar-refractivity contribution in [2.45, 2.75) is 39.2 Å². The van der Waals surface area contributed by atoms with E-state index >= 15 is 0 Å². The van der Waals surface area contributed by atoms with Crippen LogP contribution in [0.4, 0.5) is 0 Å². The van der Waals surface area contributed by atoms with E-state index in [1.807, 2.05) is 22.2 Å². The van der Waals surface area contributed by atoms with E-state index in [0.29, 0.717) is 6.54 Å². The third-order valence-corrected chi connectivity index (χ3v) is 3.90. The second-order valence-corrected chi connectivity index (χ2v) is 5.61. The molecule has 20 heavy (non-hydrogen) atoms. The van der Waals surface area contributed by atoms with E-state index in [-0.39, 0.29) is 0 Å². The minimum Gasteiger partial charge on any atom is -0.356 e. The molecule has 0 aliphatic heterocycles. The van der Waals surface area contributed by atoms with Crippen LogP contribution in [0.15, 0.2) is 22.8 Å². The van der Waals surface area contributed by atoms with Gasteiger partial charge >= 0.3 is 0 Å². The normalized spacial score (nSPS) is 12.0. The fourth-order valence-corrected chi connectivity index (χ4v) is 2.73. The molecule has 110 valence electrons. The molecule has 0 spiro atoms. The fourth-order valence-electron chi connectivity index (χ4n) is 2.01. The van der Waals surface area contributed by atoms with Crippen LogP contribution >= 0.6 is 11.3 Å². The van der Waals surface area contributed by atoms with Gasteiger partial charge in [-0.05, 0) is 6.42 Å². The largest absolute Gasteiger partial charge is 0.356 e. The van der Waals surface area contributed by atoms with Crippen molar-refractivity contribution in [1.29, 1.82) is 0 Å². The number of fused-ring (bicyclic) bond motifs is 1. The summed E-state index contributed by atoms with van der Waals surface area (Å²) in [4.78, 5) is 9.79. The Hall–Kier alpha value is -1.56. The summed E-state index contributed by atoms with van der Waals surface area (Å²) in [6, 6.07) is 0. The summed E-state index contributed by atoms with van der Waals surface area (Å²) in [7, 11) is 1.80. The average molecular weight is 293 g/mol. The first-order valence-corrected chi connectivity index (χ1v) is 8.07. The number of imidazole rings is 1. The average Bonchev–Trinajstić information content (AvgIpc) is 3.03. The molecule has 0 atom stereocenters. The van der Waals surface area contributed by atoms with E-state index < -0.39 is 0 Å². The Morgan fingerprint density at radius 1 is 1.35 bits per heavy atom. The molecular formula is C14H23N5S. The molecule has 2 N–H and O–H groups in total. The molecule has 0 aliphatic carbocycles. The Kier molecular flexibility index (Phi) is 5.86. The topological polar surface area (TPSA) is 53.7 Å². The molecule has 0 aromatic carbocycles. The zero-order chi connectivity index (χ0) is 14.2. The van der Waals surface area contributed by atoms with Gasteiger partial charge in [0.25, 0.3) is 0 Å². The number of guanidine groups is 1. The SMILES string of the molecule is CCCCCCNC(=NC)NCc1cn2ccsc2n1. The molecule has 0 aliphatic rings.